The number of hydrogen-bond donors (Lipinski definition) is 0. The summed E-state index contributed by atoms with van der Waals surface area (Å²) < 4.78 is 10.5. The van der Waals surface area contributed by atoms with Crippen molar-refractivity contribution in [3.63, 3.8) is 0 Å². The first-order valence-electron chi connectivity index (χ1n) is 9.37. The Morgan fingerprint density at radius 2 is 1.59 bits per heavy atom. The smallest absolute Gasteiger partial charge is 0.338 e. The molecule has 0 radical (unpaired) electrons. The van der Waals surface area contributed by atoms with Gasteiger partial charge in [0.1, 0.15) is 11.6 Å². The van der Waals surface area contributed by atoms with E-state index < -0.39 is 0 Å². The molecule has 0 bridgehead atoms. The van der Waals surface area contributed by atoms with Gasteiger partial charge in [-0.3, -0.25) is 4.79 Å². The molecule has 1 unspecified atom stereocenters. The number of nitrogens with zero attached hydrogens (tertiary/aromatic N) is 2. The highest BCUT2D eigenvalue weighted by molar-refractivity contribution is 5.89. The SMILES string of the molecule is CC(=O)Oc1ccc(-c2cnc(CCC(C)OC(=O)c3ccccc3)nc2)cc1. The van der Waals surface area contributed by atoms with Gasteiger partial charge in [0, 0.05) is 31.3 Å². The molecule has 1 aromatic heterocycles. The molecule has 0 fully saturated rings. The monoisotopic (exact) mass is 390 g/mol. The third kappa shape index (κ3) is 5.97. The standard InChI is InChI=1S/C23H22N2O4/c1-16(28-23(27)19-6-4-3-5-7-19)8-13-22-24-14-20(15-25-22)18-9-11-21(12-10-18)29-17(2)26/h3-7,9-12,14-16H,8,13H2,1-2H3. The van der Waals surface area contributed by atoms with E-state index in [1.54, 1.807) is 48.8 Å². The molecule has 0 spiro atoms. The van der Waals surface area contributed by atoms with Crippen LogP contribution in [-0.4, -0.2) is 28.0 Å². The van der Waals surface area contributed by atoms with Crippen LogP contribution in [0.15, 0.2) is 67.0 Å². The van der Waals surface area contributed by atoms with Gasteiger partial charge in [-0.1, -0.05) is 30.3 Å². The van der Waals surface area contributed by atoms with Crippen LogP contribution >= 0.6 is 0 Å². The van der Waals surface area contributed by atoms with Crippen molar-refractivity contribution < 1.29 is 19.1 Å². The quantitative estimate of drug-likeness (QED) is 0.443. The van der Waals surface area contributed by atoms with Crippen molar-refractivity contribution >= 4 is 11.9 Å². The first-order chi connectivity index (χ1) is 14.0. The molecule has 3 aromatic rings. The van der Waals surface area contributed by atoms with Crippen LogP contribution in [0, 0.1) is 0 Å². The molecule has 0 aliphatic heterocycles. The Labute approximate surface area is 169 Å². The molecular weight excluding hydrogens is 368 g/mol. The molecule has 0 amide bonds. The van der Waals surface area contributed by atoms with E-state index in [1.165, 1.54) is 6.92 Å². The highest BCUT2D eigenvalue weighted by atomic mass is 16.5. The number of benzene rings is 2. The summed E-state index contributed by atoms with van der Waals surface area (Å²) in [6, 6.07) is 16.1. The van der Waals surface area contributed by atoms with Crippen LogP contribution in [0.3, 0.4) is 0 Å². The van der Waals surface area contributed by atoms with Crippen molar-refractivity contribution in [1.82, 2.24) is 9.97 Å². The average molecular weight is 390 g/mol. The fraction of sp³-hybridized carbons (Fsp3) is 0.217. The maximum absolute atomic E-state index is 12.1. The van der Waals surface area contributed by atoms with E-state index in [0.29, 0.717) is 30.0 Å². The number of esters is 2. The summed E-state index contributed by atoms with van der Waals surface area (Å²) in [6.07, 6.45) is 4.51. The first-order valence-corrected chi connectivity index (χ1v) is 9.37. The zero-order valence-corrected chi connectivity index (χ0v) is 16.4. The second-order valence-corrected chi connectivity index (χ2v) is 6.63. The summed E-state index contributed by atoms with van der Waals surface area (Å²) in [6.45, 7) is 3.23. The largest absolute Gasteiger partial charge is 0.459 e. The molecule has 3 rings (SSSR count). The maximum atomic E-state index is 12.1. The molecular formula is C23H22N2O4. The van der Waals surface area contributed by atoms with Crippen molar-refractivity contribution in [3.8, 4) is 16.9 Å². The zero-order chi connectivity index (χ0) is 20.6. The van der Waals surface area contributed by atoms with Crippen LogP contribution < -0.4 is 4.74 Å². The van der Waals surface area contributed by atoms with E-state index in [0.717, 1.165) is 11.1 Å². The van der Waals surface area contributed by atoms with Gasteiger partial charge in [0.15, 0.2) is 0 Å². The molecule has 0 N–H and O–H groups in total. The van der Waals surface area contributed by atoms with Crippen LogP contribution in [0.2, 0.25) is 0 Å². The molecule has 6 heteroatoms. The van der Waals surface area contributed by atoms with Crippen LogP contribution in [0.1, 0.15) is 36.5 Å². The fourth-order valence-electron chi connectivity index (χ4n) is 2.73. The van der Waals surface area contributed by atoms with Crippen molar-refractivity contribution in [2.24, 2.45) is 0 Å². The molecule has 0 aliphatic carbocycles. The van der Waals surface area contributed by atoms with Crippen molar-refractivity contribution in [3.05, 3.63) is 78.4 Å². The molecule has 2 aromatic carbocycles. The van der Waals surface area contributed by atoms with E-state index >= 15 is 0 Å². The Balaban J connectivity index is 1.52. The van der Waals surface area contributed by atoms with Gasteiger partial charge in [0.25, 0.3) is 0 Å². The van der Waals surface area contributed by atoms with Gasteiger partial charge >= 0.3 is 11.9 Å². The number of carbonyl (C=O) groups excluding carboxylic acids is 2. The number of ether oxygens (including phenoxy) is 2. The number of rotatable bonds is 7. The van der Waals surface area contributed by atoms with Gasteiger partial charge < -0.3 is 9.47 Å². The number of aryl methyl sites for hydroxylation is 1. The lowest BCUT2D eigenvalue weighted by molar-refractivity contribution is -0.131. The van der Waals surface area contributed by atoms with E-state index in [-0.39, 0.29) is 18.0 Å². The molecule has 6 nitrogen and oxygen atoms in total. The molecule has 0 saturated carbocycles. The molecule has 29 heavy (non-hydrogen) atoms. The fourth-order valence-corrected chi connectivity index (χ4v) is 2.73. The van der Waals surface area contributed by atoms with Crippen molar-refractivity contribution in [2.45, 2.75) is 32.8 Å². The van der Waals surface area contributed by atoms with Crippen molar-refractivity contribution in [2.75, 3.05) is 0 Å². The van der Waals surface area contributed by atoms with Gasteiger partial charge in [0.05, 0.1) is 11.7 Å². The molecule has 1 heterocycles. The predicted octanol–water partition coefficient (Wildman–Crippen LogP) is 4.25. The normalized spacial score (nSPS) is 11.5. The summed E-state index contributed by atoms with van der Waals surface area (Å²) >= 11 is 0. The summed E-state index contributed by atoms with van der Waals surface area (Å²) in [5.74, 6) is 0.506. The van der Waals surface area contributed by atoms with Crippen LogP contribution in [0.4, 0.5) is 0 Å². The van der Waals surface area contributed by atoms with Crippen LogP contribution in [0.5, 0.6) is 5.75 Å². The number of hydrogen-bond acceptors (Lipinski definition) is 6. The van der Waals surface area contributed by atoms with E-state index in [1.807, 2.05) is 25.1 Å². The highest BCUT2D eigenvalue weighted by Crippen LogP contribution is 2.21. The molecule has 0 aliphatic rings. The van der Waals surface area contributed by atoms with Gasteiger partial charge in [-0.2, -0.15) is 0 Å². The summed E-state index contributed by atoms with van der Waals surface area (Å²) in [7, 11) is 0. The van der Waals surface area contributed by atoms with E-state index in [2.05, 4.69) is 9.97 Å². The van der Waals surface area contributed by atoms with Gasteiger partial charge in [-0.15, -0.1) is 0 Å². The Morgan fingerprint density at radius 3 is 2.21 bits per heavy atom. The molecule has 0 saturated heterocycles. The average Bonchev–Trinajstić information content (AvgIpc) is 2.73. The van der Waals surface area contributed by atoms with E-state index in [4.69, 9.17) is 9.47 Å². The summed E-state index contributed by atoms with van der Waals surface area (Å²) in [5, 5.41) is 0. The predicted molar refractivity (Wildman–Crippen MR) is 108 cm³/mol. The third-order valence-corrected chi connectivity index (χ3v) is 4.25. The molecule has 148 valence electrons. The van der Waals surface area contributed by atoms with Gasteiger partial charge in [-0.25, -0.2) is 14.8 Å². The second-order valence-electron chi connectivity index (χ2n) is 6.63. The van der Waals surface area contributed by atoms with Crippen molar-refractivity contribution in [1.29, 1.82) is 0 Å². The highest BCUT2D eigenvalue weighted by Gasteiger charge is 2.12. The lowest BCUT2D eigenvalue weighted by Crippen LogP contribution is -2.16. The zero-order valence-electron chi connectivity index (χ0n) is 16.4. The topological polar surface area (TPSA) is 78.4 Å². The van der Waals surface area contributed by atoms with Crippen LogP contribution in [-0.2, 0) is 16.0 Å². The Bertz CT molecular complexity index is 954. The maximum Gasteiger partial charge on any atom is 0.338 e. The second kappa shape index (κ2) is 9.59. The Morgan fingerprint density at radius 1 is 0.931 bits per heavy atom. The van der Waals surface area contributed by atoms with Gasteiger partial charge in [0.2, 0.25) is 0 Å². The summed E-state index contributed by atoms with van der Waals surface area (Å²) in [4.78, 5) is 31.8. The Kier molecular flexibility index (Phi) is 6.68. The third-order valence-electron chi connectivity index (χ3n) is 4.25. The lowest BCUT2D eigenvalue weighted by Gasteiger charge is -2.13. The van der Waals surface area contributed by atoms with Crippen LogP contribution in [0.25, 0.3) is 11.1 Å². The number of aromatic nitrogens is 2. The van der Waals surface area contributed by atoms with E-state index in [9.17, 15) is 9.59 Å². The number of carbonyl (C=O) groups is 2. The summed E-state index contributed by atoms with van der Waals surface area (Å²) in [5.41, 5.74) is 2.34. The first kappa shape index (κ1) is 20.2. The minimum Gasteiger partial charge on any atom is -0.459 e. The lowest BCUT2D eigenvalue weighted by atomic mass is 10.1. The Hall–Kier alpha value is -3.54. The minimum absolute atomic E-state index is 0.236. The van der Waals surface area contributed by atoms with Gasteiger partial charge in [-0.05, 0) is 43.2 Å². The molecule has 1 atom stereocenters. The minimum atomic E-state index is -0.353.